The number of rotatable bonds is 8. The van der Waals surface area contributed by atoms with Crippen LogP contribution in [0, 0.1) is 12.8 Å². The molecule has 0 fully saturated rings. The van der Waals surface area contributed by atoms with Crippen LogP contribution in [-0.4, -0.2) is 36.2 Å². The van der Waals surface area contributed by atoms with E-state index in [1.54, 1.807) is 0 Å². The molecule has 1 unspecified atom stereocenters. The number of anilines is 1. The summed E-state index contributed by atoms with van der Waals surface area (Å²) in [6, 6.07) is 1.96. The van der Waals surface area contributed by atoms with Crippen LogP contribution in [0.5, 0.6) is 0 Å². The lowest BCUT2D eigenvalue weighted by Crippen LogP contribution is -2.37. The Bertz CT molecular complexity index is 703. The number of carbonyl (C=O) groups excluding carboxylic acids is 2. The minimum atomic E-state index is 0.0620. The van der Waals surface area contributed by atoms with Crippen molar-refractivity contribution < 1.29 is 9.59 Å². The summed E-state index contributed by atoms with van der Waals surface area (Å²) < 4.78 is 0. The van der Waals surface area contributed by atoms with E-state index in [4.69, 9.17) is 0 Å². The van der Waals surface area contributed by atoms with Crippen molar-refractivity contribution in [3.05, 3.63) is 28.3 Å². The van der Waals surface area contributed by atoms with Crippen LogP contribution in [0.3, 0.4) is 0 Å². The third-order valence-electron chi connectivity index (χ3n) is 6.23. The molecule has 1 N–H and O–H groups in total. The van der Waals surface area contributed by atoms with Gasteiger partial charge in [-0.1, -0.05) is 26.7 Å². The standard InChI is InChI=1S/C23H34N2O2/c1-4-6-12-25(13-7-5-2)15-17-8-9-18-16(3)19-10-11-22(26)24-21(19)14-20(18)23(17)27/h14,17H,4-13,15H2,1-3H3,(H,24,26). The molecule has 0 aromatic heterocycles. The molecule has 0 saturated heterocycles. The molecular weight excluding hydrogens is 336 g/mol. The van der Waals surface area contributed by atoms with Crippen LogP contribution in [0.2, 0.25) is 0 Å². The molecule has 1 atom stereocenters. The molecular formula is C23H34N2O2. The quantitative estimate of drug-likeness (QED) is 0.731. The van der Waals surface area contributed by atoms with Crippen molar-refractivity contribution in [1.29, 1.82) is 0 Å². The minimum absolute atomic E-state index is 0.0620. The Morgan fingerprint density at radius 1 is 1.04 bits per heavy atom. The van der Waals surface area contributed by atoms with Crippen molar-refractivity contribution in [3.8, 4) is 0 Å². The number of fused-ring (bicyclic) bond motifs is 2. The van der Waals surface area contributed by atoms with Gasteiger partial charge in [-0.15, -0.1) is 0 Å². The molecule has 1 heterocycles. The van der Waals surface area contributed by atoms with E-state index in [0.29, 0.717) is 6.42 Å². The van der Waals surface area contributed by atoms with Gasteiger partial charge < -0.3 is 10.2 Å². The summed E-state index contributed by atoms with van der Waals surface area (Å²) in [5.74, 6) is 0.426. The van der Waals surface area contributed by atoms with Crippen molar-refractivity contribution in [2.24, 2.45) is 5.92 Å². The van der Waals surface area contributed by atoms with Gasteiger partial charge in [0, 0.05) is 30.1 Å². The molecule has 1 amide bonds. The summed E-state index contributed by atoms with van der Waals surface area (Å²) >= 11 is 0. The fourth-order valence-electron chi connectivity index (χ4n) is 4.54. The maximum Gasteiger partial charge on any atom is 0.224 e. The summed E-state index contributed by atoms with van der Waals surface area (Å²) in [5.41, 5.74) is 5.40. The highest BCUT2D eigenvalue weighted by Crippen LogP contribution is 2.36. The number of nitrogens with one attached hydrogen (secondary N) is 1. The van der Waals surface area contributed by atoms with Crippen LogP contribution < -0.4 is 5.32 Å². The molecule has 1 aliphatic heterocycles. The summed E-state index contributed by atoms with van der Waals surface area (Å²) in [4.78, 5) is 27.6. The Balaban J connectivity index is 1.79. The largest absolute Gasteiger partial charge is 0.326 e. The first kappa shape index (κ1) is 20.1. The Kier molecular flexibility index (Phi) is 6.69. The second-order valence-electron chi connectivity index (χ2n) is 8.21. The maximum atomic E-state index is 13.3. The van der Waals surface area contributed by atoms with Gasteiger partial charge in [0.1, 0.15) is 0 Å². The van der Waals surface area contributed by atoms with E-state index in [1.807, 2.05) is 6.07 Å². The average molecular weight is 371 g/mol. The Morgan fingerprint density at radius 2 is 1.74 bits per heavy atom. The van der Waals surface area contributed by atoms with Crippen molar-refractivity contribution in [3.63, 3.8) is 0 Å². The first-order valence-electron chi connectivity index (χ1n) is 10.8. The molecule has 3 rings (SSSR count). The predicted octanol–water partition coefficient (Wildman–Crippen LogP) is 4.53. The van der Waals surface area contributed by atoms with Gasteiger partial charge in [-0.3, -0.25) is 9.59 Å². The van der Waals surface area contributed by atoms with E-state index >= 15 is 0 Å². The number of carbonyl (C=O) groups is 2. The van der Waals surface area contributed by atoms with Gasteiger partial charge in [0.25, 0.3) is 0 Å². The molecule has 0 spiro atoms. The van der Waals surface area contributed by atoms with Crippen molar-refractivity contribution >= 4 is 17.4 Å². The zero-order chi connectivity index (χ0) is 19.4. The highest BCUT2D eigenvalue weighted by molar-refractivity contribution is 6.03. The highest BCUT2D eigenvalue weighted by Gasteiger charge is 2.32. The summed E-state index contributed by atoms with van der Waals surface area (Å²) in [7, 11) is 0. The third-order valence-corrected chi connectivity index (χ3v) is 6.23. The fourth-order valence-corrected chi connectivity index (χ4v) is 4.54. The number of benzene rings is 1. The lowest BCUT2D eigenvalue weighted by molar-refractivity contribution is -0.116. The second kappa shape index (κ2) is 9.01. The average Bonchev–Trinajstić information content (AvgIpc) is 2.66. The molecule has 1 aliphatic carbocycles. The number of hydrogen-bond acceptors (Lipinski definition) is 3. The Hall–Kier alpha value is -1.68. The first-order valence-corrected chi connectivity index (χ1v) is 10.8. The van der Waals surface area contributed by atoms with E-state index in [0.717, 1.165) is 50.1 Å². The van der Waals surface area contributed by atoms with E-state index in [1.165, 1.54) is 42.4 Å². The summed E-state index contributed by atoms with van der Waals surface area (Å²) in [6.07, 6.45) is 8.04. The van der Waals surface area contributed by atoms with Gasteiger partial charge in [0.15, 0.2) is 5.78 Å². The van der Waals surface area contributed by atoms with Crippen LogP contribution >= 0.6 is 0 Å². The van der Waals surface area contributed by atoms with Crippen LogP contribution in [0.4, 0.5) is 5.69 Å². The zero-order valence-corrected chi connectivity index (χ0v) is 17.2. The van der Waals surface area contributed by atoms with Crippen molar-refractivity contribution in [2.75, 3.05) is 25.0 Å². The smallest absolute Gasteiger partial charge is 0.224 e. The fraction of sp³-hybridized carbons (Fsp3) is 0.652. The van der Waals surface area contributed by atoms with E-state index in [9.17, 15) is 9.59 Å². The van der Waals surface area contributed by atoms with Gasteiger partial charge in [0.05, 0.1) is 0 Å². The van der Waals surface area contributed by atoms with Crippen LogP contribution in [0.25, 0.3) is 0 Å². The van der Waals surface area contributed by atoms with Crippen LogP contribution in [0.1, 0.15) is 79.4 Å². The van der Waals surface area contributed by atoms with Gasteiger partial charge >= 0.3 is 0 Å². The molecule has 148 valence electrons. The lowest BCUT2D eigenvalue weighted by Gasteiger charge is -2.32. The van der Waals surface area contributed by atoms with Gasteiger partial charge in [-0.25, -0.2) is 0 Å². The number of ketones is 1. The van der Waals surface area contributed by atoms with Gasteiger partial charge in [0.2, 0.25) is 5.91 Å². The van der Waals surface area contributed by atoms with Gasteiger partial charge in [-0.05, 0) is 74.9 Å². The van der Waals surface area contributed by atoms with Crippen LogP contribution in [0.15, 0.2) is 6.07 Å². The van der Waals surface area contributed by atoms with E-state index < -0.39 is 0 Å². The molecule has 2 aliphatic rings. The Morgan fingerprint density at radius 3 is 2.41 bits per heavy atom. The lowest BCUT2D eigenvalue weighted by atomic mass is 9.78. The summed E-state index contributed by atoms with van der Waals surface area (Å²) in [6.45, 7) is 9.62. The number of nitrogens with zero attached hydrogens (tertiary/aromatic N) is 1. The molecule has 0 saturated carbocycles. The molecule has 0 bridgehead atoms. The second-order valence-corrected chi connectivity index (χ2v) is 8.21. The molecule has 4 nitrogen and oxygen atoms in total. The number of Topliss-reactive ketones (excluding diaryl/α,β-unsaturated/α-hetero) is 1. The molecule has 0 radical (unpaired) electrons. The van der Waals surface area contributed by atoms with E-state index in [2.05, 4.69) is 31.0 Å². The third kappa shape index (κ3) is 4.43. The molecule has 1 aromatic carbocycles. The van der Waals surface area contributed by atoms with Gasteiger partial charge in [-0.2, -0.15) is 0 Å². The molecule has 1 aromatic rings. The number of unbranched alkanes of at least 4 members (excludes halogenated alkanes) is 2. The van der Waals surface area contributed by atoms with Crippen molar-refractivity contribution in [1.82, 2.24) is 4.90 Å². The molecule has 4 heteroatoms. The zero-order valence-electron chi connectivity index (χ0n) is 17.2. The monoisotopic (exact) mass is 370 g/mol. The predicted molar refractivity (Wildman–Crippen MR) is 111 cm³/mol. The van der Waals surface area contributed by atoms with E-state index in [-0.39, 0.29) is 17.6 Å². The number of hydrogen-bond donors (Lipinski definition) is 1. The normalized spacial score (nSPS) is 19.0. The topological polar surface area (TPSA) is 49.4 Å². The summed E-state index contributed by atoms with van der Waals surface area (Å²) in [5, 5.41) is 2.98. The number of amides is 1. The van der Waals surface area contributed by atoms with Crippen molar-refractivity contribution in [2.45, 2.75) is 72.1 Å². The maximum absolute atomic E-state index is 13.3. The first-order chi connectivity index (χ1) is 13.0. The highest BCUT2D eigenvalue weighted by atomic mass is 16.1. The SMILES string of the molecule is CCCCN(CCCC)CC1CCc2c(cc3c(c2C)CCC(=O)N3)C1=O. The van der Waals surface area contributed by atoms with Crippen LogP contribution in [-0.2, 0) is 17.6 Å². The Labute approximate surface area is 163 Å². The molecule has 27 heavy (non-hydrogen) atoms. The minimum Gasteiger partial charge on any atom is -0.326 e.